The Hall–Kier alpha value is -2.97. The Balaban J connectivity index is 1.47. The number of nitrogens with zero attached hydrogens (tertiary/aromatic N) is 4. The molecule has 3 aromatic rings. The highest BCUT2D eigenvalue weighted by molar-refractivity contribution is 6.33. The summed E-state index contributed by atoms with van der Waals surface area (Å²) in [6.07, 6.45) is 9.21. The van der Waals surface area contributed by atoms with Gasteiger partial charge in [0.15, 0.2) is 0 Å². The fourth-order valence-corrected chi connectivity index (χ4v) is 3.72. The zero-order chi connectivity index (χ0) is 20.9. The summed E-state index contributed by atoms with van der Waals surface area (Å²) in [5.41, 5.74) is 14.1. The lowest BCUT2D eigenvalue weighted by Crippen LogP contribution is -2.33. The van der Waals surface area contributed by atoms with Crippen LogP contribution in [0.1, 0.15) is 31.2 Å². The van der Waals surface area contributed by atoms with Gasteiger partial charge in [0.25, 0.3) is 0 Å². The van der Waals surface area contributed by atoms with E-state index in [0.717, 1.165) is 54.1 Å². The fourth-order valence-electron chi connectivity index (χ4n) is 3.52. The Labute approximate surface area is 180 Å². The first-order valence-electron chi connectivity index (χ1n) is 10.0. The summed E-state index contributed by atoms with van der Waals surface area (Å²) < 4.78 is 0. The molecule has 0 radical (unpaired) electrons. The predicted octanol–water partition coefficient (Wildman–Crippen LogP) is 3.46. The van der Waals surface area contributed by atoms with E-state index in [1.54, 1.807) is 18.6 Å². The van der Waals surface area contributed by atoms with Crippen LogP contribution in [0.15, 0.2) is 42.9 Å². The van der Waals surface area contributed by atoms with E-state index in [1.807, 2.05) is 24.3 Å². The van der Waals surface area contributed by atoms with Gasteiger partial charge in [-0.2, -0.15) is 0 Å². The van der Waals surface area contributed by atoms with Crippen molar-refractivity contribution in [3.8, 4) is 11.3 Å². The van der Waals surface area contributed by atoms with Crippen molar-refractivity contribution in [1.29, 1.82) is 0 Å². The first-order valence-corrected chi connectivity index (χ1v) is 10.4. The molecular weight excluding hydrogens is 400 g/mol. The molecule has 0 amide bonds. The van der Waals surface area contributed by atoms with Crippen LogP contribution in [-0.4, -0.2) is 32.0 Å². The maximum atomic E-state index is 6.44. The summed E-state index contributed by atoms with van der Waals surface area (Å²) in [7, 11) is 0. The van der Waals surface area contributed by atoms with E-state index >= 15 is 0 Å². The van der Waals surface area contributed by atoms with Gasteiger partial charge in [0.05, 0.1) is 10.7 Å². The van der Waals surface area contributed by atoms with Gasteiger partial charge in [0.1, 0.15) is 11.6 Å². The normalized spacial score (nSPS) is 18.7. The van der Waals surface area contributed by atoms with Crippen LogP contribution >= 0.6 is 11.6 Å². The molecule has 1 aliphatic rings. The highest BCUT2D eigenvalue weighted by Crippen LogP contribution is 2.30. The molecule has 3 aromatic heterocycles. The van der Waals surface area contributed by atoms with E-state index in [9.17, 15) is 0 Å². The van der Waals surface area contributed by atoms with Crippen LogP contribution in [0.25, 0.3) is 11.3 Å². The van der Waals surface area contributed by atoms with Crippen LogP contribution in [0.5, 0.6) is 0 Å². The lowest BCUT2D eigenvalue weighted by molar-refractivity contribution is 0.410. The standard InChI is InChI=1S/C21H25ClN8/c22-17-12-26-20(29-15-6-4-14(23)5-7-15)8-16(17)18-2-1-3-19(30-18)25-9-13-10-27-21(24)28-11-13/h1-3,8,10-12,14-15H,4-7,9,23H2,(H,25,30)(H,26,29)(H2,24,27,28). The van der Waals surface area contributed by atoms with E-state index in [-0.39, 0.29) is 5.95 Å². The average Bonchev–Trinajstić information content (AvgIpc) is 2.76. The van der Waals surface area contributed by atoms with E-state index in [0.29, 0.717) is 23.7 Å². The third-order valence-electron chi connectivity index (χ3n) is 5.20. The summed E-state index contributed by atoms with van der Waals surface area (Å²) >= 11 is 6.44. The Morgan fingerprint density at radius 3 is 2.53 bits per heavy atom. The molecule has 4 rings (SSSR count). The Bertz CT molecular complexity index is 987. The average molecular weight is 425 g/mol. The molecule has 1 fully saturated rings. The maximum Gasteiger partial charge on any atom is 0.219 e. The number of hydrogen-bond acceptors (Lipinski definition) is 8. The SMILES string of the molecule is Nc1ncc(CNc2cccc(-c3cc(NC4CCC(N)CC4)ncc3Cl)n2)cn1. The molecule has 30 heavy (non-hydrogen) atoms. The molecule has 9 heteroatoms. The molecule has 1 aliphatic carbocycles. The molecule has 6 N–H and O–H groups in total. The minimum atomic E-state index is 0.256. The number of rotatable bonds is 6. The van der Waals surface area contributed by atoms with Gasteiger partial charge in [-0.1, -0.05) is 17.7 Å². The van der Waals surface area contributed by atoms with Gasteiger partial charge in [-0.05, 0) is 43.9 Å². The van der Waals surface area contributed by atoms with Crippen molar-refractivity contribution in [2.75, 3.05) is 16.4 Å². The molecule has 0 aliphatic heterocycles. The number of aromatic nitrogens is 4. The molecule has 0 saturated heterocycles. The van der Waals surface area contributed by atoms with Crippen molar-refractivity contribution in [3.05, 3.63) is 53.4 Å². The Morgan fingerprint density at radius 2 is 1.77 bits per heavy atom. The van der Waals surface area contributed by atoms with Gasteiger partial charge in [0, 0.05) is 48.3 Å². The van der Waals surface area contributed by atoms with Crippen molar-refractivity contribution in [1.82, 2.24) is 19.9 Å². The molecule has 0 aromatic carbocycles. The summed E-state index contributed by atoms with van der Waals surface area (Å²) in [4.78, 5) is 17.1. The third-order valence-corrected chi connectivity index (χ3v) is 5.50. The summed E-state index contributed by atoms with van der Waals surface area (Å²) in [6, 6.07) is 8.43. The van der Waals surface area contributed by atoms with Crippen molar-refractivity contribution >= 4 is 29.2 Å². The second-order valence-electron chi connectivity index (χ2n) is 7.52. The van der Waals surface area contributed by atoms with E-state index in [4.69, 9.17) is 28.1 Å². The van der Waals surface area contributed by atoms with Crippen LogP contribution in [-0.2, 0) is 6.54 Å². The first kappa shape index (κ1) is 20.3. The van der Waals surface area contributed by atoms with Gasteiger partial charge in [-0.25, -0.2) is 19.9 Å². The number of pyridine rings is 2. The highest BCUT2D eigenvalue weighted by atomic mass is 35.5. The van der Waals surface area contributed by atoms with Crippen molar-refractivity contribution < 1.29 is 0 Å². The number of anilines is 3. The molecule has 8 nitrogen and oxygen atoms in total. The number of nitrogens with two attached hydrogens (primary N) is 2. The minimum absolute atomic E-state index is 0.256. The minimum Gasteiger partial charge on any atom is -0.368 e. The second kappa shape index (κ2) is 9.23. The highest BCUT2D eigenvalue weighted by Gasteiger charge is 2.19. The smallest absolute Gasteiger partial charge is 0.219 e. The van der Waals surface area contributed by atoms with Gasteiger partial charge < -0.3 is 22.1 Å². The van der Waals surface area contributed by atoms with Crippen LogP contribution in [0.2, 0.25) is 5.02 Å². The quantitative estimate of drug-likeness (QED) is 0.473. The summed E-state index contributed by atoms with van der Waals surface area (Å²) in [5.74, 6) is 1.79. The van der Waals surface area contributed by atoms with Crippen molar-refractivity contribution in [3.63, 3.8) is 0 Å². The fraction of sp³-hybridized carbons (Fsp3) is 0.333. The molecule has 0 atom stereocenters. The predicted molar refractivity (Wildman–Crippen MR) is 120 cm³/mol. The van der Waals surface area contributed by atoms with Gasteiger partial charge in [-0.15, -0.1) is 0 Å². The molecule has 156 valence electrons. The van der Waals surface area contributed by atoms with Crippen molar-refractivity contribution in [2.45, 2.75) is 44.3 Å². The zero-order valence-corrected chi connectivity index (χ0v) is 17.3. The van der Waals surface area contributed by atoms with Crippen LogP contribution < -0.4 is 22.1 Å². The monoisotopic (exact) mass is 424 g/mol. The van der Waals surface area contributed by atoms with Gasteiger partial charge >= 0.3 is 0 Å². The van der Waals surface area contributed by atoms with Crippen LogP contribution in [0.3, 0.4) is 0 Å². The lowest BCUT2D eigenvalue weighted by Gasteiger charge is -2.27. The van der Waals surface area contributed by atoms with Crippen LogP contribution in [0.4, 0.5) is 17.6 Å². The first-order chi connectivity index (χ1) is 14.6. The molecule has 0 bridgehead atoms. The topological polar surface area (TPSA) is 128 Å². The summed E-state index contributed by atoms with van der Waals surface area (Å²) in [5, 5.41) is 7.35. The molecule has 0 spiro atoms. The maximum absolute atomic E-state index is 6.44. The third kappa shape index (κ3) is 5.14. The largest absolute Gasteiger partial charge is 0.368 e. The number of nitrogens with one attached hydrogen (secondary N) is 2. The Kier molecular flexibility index (Phi) is 6.25. The van der Waals surface area contributed by atoms with Crippen LogP contribution in [0, 0.1) is 0 Å². The number of hydrogen-bond donors (Lipinski definition) is 4. The van der Waals surface area contributed by atoms with Gasteiger partial charge in [0.2, 0.25) is 5.95 Å². The molecular formula is C21H25ClN8. The van der Waals surface area contributed by atoms with Crippen molar-refractivity contribution in [2.24, 2.45) is 5.73 Å². The number of nitrogen functional groups attached to an aromatic ring is 1. The zero-order valence-electron chi connectivity index (χ0n) is 16.6. The lowest BCUT2D eigenvalue weighted by atomic mass is 9.92. The Morgan fingerprint density at radius 1 is 1.00 bits per heavy atom. The van der Waals surface area contributed by atoms with E-state index in [1.165, 1.54) is 0 Å². The number of halogens is 1. The molecule has 1 saturated carbocycles. The summed E-state index contributed by atoms with van der Waals surface area (Å²) in [6.45, 7) is 0.539. The van der Waals surface area contributed by atoms with E-state index in [2.05, 4.69) is 25.6 Å². The van der Waals surface area contributed by atoms with E-state index < -0.39 is 0 Å². The van der Waals surface area contributed by atoms with Gasteiger partial charge in [-0.3, -0.25) is 0 Å². The second-order valence-corrected chi connectivity index (χ2v) is 7.92. The molecule has 0 unspecified atom stereocenters. The molecule has 3 heterocycles.